The largest absolute Gasteiger partial charge is 0.318 e. The summed E-state index contributed by atoms with van der Waals surface area (Å²) < 4.78 is 15.1. The van der Waals surface area contributed by atoms with Crippen molar-refractivity contribution in [2.75, 3.05) is 0 Å². The number of benzene rings is 2. The number of carbonyl (C=O) groups excluding carboxylic acids is 1. The summed E-state index contributed by atoms with van der Waals surface area (Å²) in [5.41, 5.74) is 4.55. The molecule has 2 heterocycles. The van der Waals surface area contributed by atoms with Crippen LogP contribution in [0.2, 0.25) is 5.02 Å². The van der Waals surface area contributed by atoms with Gasteiger partial charge in [0.25, 0.3) is 5.91 Å². The van der Waals surface area contributed by atoms with Crippen molar-refractivity contribution in [3.05, 3.63) is 87.3 Å². The molecular weight excluding hydrogens is 409 g/mol. The van der Waals surface area contributed by atoms with E-state index in [4.69, 9.17) is 11.6 Å². The fourth-order valence-corrected chi connectivity index (χ4v) is 4.22. The number of nitrogens with zero attached hydrogens (tertiary/aromatic N) is 2. The van der Waals surface area contributed by atoms with Gasteiger partial charge in [0, 0.05) is 22.1 Å². The summed E-state index contributed by atoms with van der Waals surface area (Å²) in [6.45, 7) is 4.02. The van der Waals surface area contributed by atoms with Crippen molar-refractivity contribution in [2.24, 2.45) is 4.99 Å². The molecular formula is C22H17ClFN3OS. The lowest BCUT2D eigenvalue weighted by molar-refractivity contribution is -0.115. The molecule has 1 fully saturated rings. The Kier molecular flexibility index (Phi) is 5.30. The molecule has 4 nitrogen and oxygen atoms in total. The van der Waals surface area contributed by atoms with Gasteiger partial charge in [-0.05, 0) is 85.8 Å². The Bertz CT molecular complexity index is 1170. The van der Waals surface area contributed by atoms with E-state index in [1.165, 1.54) is 23.9 Å². The van der Waals surface area contributed by atoms with Crippen LogP contribution in [0.25, 0.3) is 11.8 Å². The van der Waals surface area contributed by atoms with Gasteiger partial charge in [-0.2, -0.15) is 0 Å². The smallest absolute Gasteiger partial charge is 0.264 e. The first-order chi connectivity index (χ1) is 13.9. The third kappa shape index (κ3) is 4.13. The maximum absolute atomic E-state index is 13.0. The van der Waals surface area contributed by atoms with Gasteiger partial charge in [0.05, 0.1) is 10.6 Å². The summed E-state index contributed by atoms with van der Waals surface area (Å²) in [5.74, 6) is -0.531. The maximum Gasteiger partial charge on any atom is 0.264 e. The lowest BCUT2D eigenvalue weighted by Crippen LogP contribution is -2.19. The Morgan fingerprint density at radius 2 is 1.90 bits per heavy atom. The molecule has 7 heteroatoms. The Morgan fingerprint density at radius 3 is 2.62 bits per heavy atom. The molecule has 4 rings (SSSR count). The SMILES string of the molecule is Cc1cc(/C=C2\SC(=Nc3ccc(F)cc3)NC2=O)c(C)n1-c1cccc(Cl)c1. The van der Waals surface area contributed by atoms with Gasteiger partial charge in [0.1, 0.15) is 5.82 Å². The highest BCUT2D eigenvalue weighted by Crippen LogP contribution is 2.31. The van der Waals surface area contributed by atoms with Crippen LogP contribution in [0.3, 0.4) is 0 Å². The molecule has 0 saturated carbocycles. The number of amides is 1. The van der Waals surface area contributed by atoms with Crippen molar-refractivity contribution < 1.29 is 9.18 Å². The van der Waals surface area contributed by atoms with E-state index in [0.717, 1.165) is 22.6 Å². The summed E-state index contributed by atoms with van der Waals surface area (Å²) in [6, 6.07) is 15.5. The summed E-state index contributed by atoms with van der Waals surface area (Å²) in [7, 11) is 0. The number of hydrogen-bond donors (Lipinski definition) is 1. The molecule has 146 valence electrons. The van der Waals surface area contributed by atoms with Crippen LogP contribution < -0.4 is 5.32 Å². The molecule has 0 spiro atoms. The number of nitrogens with one attached hydrogen (secondary N) is 1. The average molecular weight is 426 g/mol. The molecule has 0 aliphatic carbocycles. The van der Waals surface area contributed by atoms with Gasteiger partial charge in [0.2, 0.25) is 0 Å². The first-order valence-electron chi connectivity index (χ1n) is 8.91. The summed E-state index contributed by atoms with van der Waals surface area (Å²) in [6.07, 6.45) is 1.86. The zero-order valence-electron chi connectivity index (χ0n) is 15.7. The highest BCUT2D eigenvalue weighted by Gasteiger charge is 2.24. The second-order valence-corrected chi connectivity index (χ2v) is 8.07. The second kappa shape index (κ2) is 7.89. The van der Waals surface area contributed by atoms with Crippen LogP contribution in [-0.4, -0.2) is 15.6 Å². The van der Waals surface area contributed by atoms with E-state index in [1.807, 2.05) is 50.3 Å². The molecule has 0 atom stereocenters. The van der Waals surface area contributed by atoms with Gasteiger partial charge in [-0.1, -0.05) is 17.7 Å². The van der Waals surface area contributed by atoms with Gasteiger partial charge in [-0.25, -0.2) is 9.38 Å². The van der Waals surface area contributed by atoms with E-state index in [-0.39, 0.29) is 11.7 Å². The summed E-state index contributed by atoms with van der Waals surface area (Å²) >= 11 is 7.40. The van der Waals surface area contributed by atoms with Crippen LogP contribution in [-0.2, 0) is 4.79 Å². The summed E-state index contributed by atoms with van der Waals surface area (Å²) in [5, 5.41) is 3.89. The maximum atomic E-state index is 13.0. The lowest BCUT2D eigenvalue weighted by atomic mass is 10.2. The third-order valence-electron chi connectivity index (χ3n) is 4.53. The Balaban J connectivity index is 1.64. The van der Waals surface area contributed by atoms with E-state index >= 15 is 0 Å². The summed E-state index contributed by atoms with van der Waals surface area (Å²) in [4.78, 5) is 17.3. The van der Waals surface area contributed by atoms with E-state index in [0.29, 0.717) is 20.8 Å². The van der Waals surface area contributed by atoms with Gasteiger partial charge >= 0.3 is 0 Å². The Labute approximate surface area is 177 Å². The van der Waals surface area contributed by atoms with E-state index in [1.54, 1.807) is 12.1 Å². The Morgan fingerprint density at radius 1 is 1.14 bits per heavy atom. The molecule has 1 aliphatic heterocycles. The molecule has 0 bridgehead atoms. The first kappa shape index (κ1) is 19.5. The molecule has 3 aromatic rings. The molecule has 1 aromatic heterocycles. The monoisotopic (exact) mass is 425 g/mol. The third-order valence-corrected chi connectivity index (χ3v) is 5.68. The molecule has 0 radical (unpaired) electrons. The first-order valence-corrected chi connectivity index (χ1v) is 10.1. The van der Waals surface area contributed by atoms with Crippen molar-refractivity contribution >= 4 is 46.2 Å². The van der Waals surface area contributed by atoms with Crippen molar-refractivity contribution in [1.82, 2.24) is 9.88 Å². The van der Waals surface area contributed by atoms with Crippen molar-refractivity contribution in [3.63, 3.8) is 0 Å². The number of aliphatic imine (C=N–C) groups is 1. The number of hydrogen-bond acceptors (Lipinski definition) is 3. The zero-order chi connectivity index (χ0) is 20.5. The quantitative estimate of drug-likeness (QED) is 0.541. The molecule has 1 saturated heterocycles. The average Bonchev–Trinajstić information content (AvgIpc) is 3.16. The second-order valence-electron chi connectivity index (χ2n) is 6.60. The molecule has 1 aliphatic rings. The highest BCUT2D eigenvalue weighted by molar-refractivity contribution is 8.18. The van der Waals surface area contributed by atoms with Crippen molar-refractivity contribution in [3.8, 4) is 5.69 Å². The number of thioether (sulfide) groups is 1. The number of halogens is 2. The minimum absolute atomic E-state index is 0.205. The van der Waals surface area contributed by atoms with E-state index < -0.39 is 0 Å². The number of aryl methyl sites for hydroxylation is 1. The van der Waals surface area contributed by atoms with E-state index in [2.05, 4.69) is 14.9 Å². The van der Waals surface area contributed by atoms with Crippen LogP contribution >= 0.6 is 23.4 Å². The van der Waals surface area contributed by atoms with Crippen LogP contribution in [0.1, 0.15) is 17.0 Å². The fourth-order valence-electron chi connectivity index (χ4n) is 3.20. The number of rotatable bonds is 3. The Hall–Kier alpha value is -2.83. The van der Waals surface area contributed by atoms with Crippen LogP contribution in [0.15, 0.2) is 64.5 Å². The van der Waals surface area contributed by atoms with Crippen molar-refractivity contribution in [1.29, 1.82) is 0 Å². The molecule has 29 heavy (non-hydrogen) atoms. The fraction of sp³-hybridized carbons (Fsp3) is 0.0909. The number of carbonyl (C=O) groups is 1. The zero-order valence-corrected chi connectivity index (χ0v) is 17.3. The van der Waals surface area contributed by atoms with Gasteiger partial charge in [-0.3, -0.25) is 4.79 Å². The van der Waals surface area contributed by atoms with Gasteiger partial charge in [-0.15, -0.1) is 0 Å². The van der Waals surface area contributed by atoms with Gasteiger partial charge < -0.3 is 9.88 Å². The minimum Gasteiger partial charge on any atom is -0.318 e. The van der Waals surface area contributed by atoms with Crippen LogP contribution in [0.5, 0.6) is 0 Å². The minimum atomic E-state index is -0.326. The normalized spacial score (nSPS) is 16.6. The van der Waals surface area contributed by atoms with E-state index in [9.17, 15) is 9.18 Å². The molecule has 1 amide bonds. The topological polar surface area (TPSA) is 46.4 Å². The van der Waals surface area contributed by atoms with Crippen molar-refractivity contribution in [2.45, 2.75) is 13.8 Å². The molecule has 0 unspecified atom stereocenters. The predicted octanol–water partition coefficient (Wildman–Crippen LogP) is 5.78. The molecule has 2 aromatic carbocycles. The van der Waals surface area contributed by atoms with Crippen LogP contribution in [0, 0.1) is 19.7 Å². The van der Waals surface area contributed by atoms with Gasteiger partial charge in [0.15, 0.2) is 5.17 Å². The predicted molar refractivity (Wildman–Crippen MR) is 117 cm³/mol. The van der Waals surface area contributed by atoms with Crippen LogP contribution in [0.4, 0.5) is 10.1 Å². The highest BCUT2D eigenvalue weighted by atomic mass is 35.5. The lowest BCUT2D eigenvalue weighted by Gasteiger charge is -2.09. The standard InChI is InChI=1S/C22H17ClFN3OS/c1-13-10-15(14(2)27(13)19-5-3-4-16(23)12-19)11-20-21(28)26-22(29-20)25-18-8-6-17(24)7-9-18/h3-12H,1-2H3,(H,25,26,28)/b20-11-. The number of aromatic nitrogens is 1. The molecule has 1 N–H and O–H groups in total. The number of amidine groups is 1.